The van der Waals surface area contributed by atoms with E-state index in [9.17, 15) is 9.59 Å². The Morgan fingerprint density at radius 3 is 2.83 bits per heavy atom. The molecule has 0 aromatic carbocycles. The molecule has 1 aromatic rings. The molecule has 7 nitrogen and oxygen atoms in total. The van der Waals surface area contributed by atoms with Crippen LogP contribution in [0, 0.1) is 5.41 Å². The van der Waals surface area contributed by atoms with Gasteiger partial charge in [-0.25, -0.2) is 4.68 Å². The molecule has 0 saturated heterocycles. The molecule has 18 heavy (non-hydrogen) atoms. The molecule has 0 radical (unpaired) electrons. The van der Waals surface area contributed by atoms with E-state index < -0.39 is 5.97 Å². The van der Waals surface area contributed by atoms with Gasteiger partial charge in [0.1, 0.15) is 6.54 Å². The minimum absolute atomic E-state index is 0.152. The van der Waals surface area contributed by atoms with Gasteiger partial charge in [-0.3, -0.25) is 9.59 Å². The Labute approximate surface area is 104 Å². The van der Waals surface area contributed by atoms with E-state index in [-0.39, 0.29) is 23.6 Å². The van der Waals surface area contributed by atoms with Crippen LogP contribution in [-0.4, -0.2) is 38.5 Å². The first kappa shape index (κ1) is 12.5. The van der Waals surface area contributed by atoms with Crippen molar-refractivity contribution in [1.29, 1.82) is 0 Å². The predicted octanol–water partition coefficient (Wildman–Crippen LogP) is 0.283. The lowest BCUT2D eigenvalue weighted by Crippen LogP contribution is -2.40. The molecule has 2 N–H and O–H groups in total. The van der Waals surface area contributed by atoms with E-state index in [0.717, 1.165) is 17.5 Å². The van der Waals surface area contributed by atoms with Crippen LogP contribution in [0.3, 0.4) is 0 Å². The Morgan fingerprint density at radius 1 is 1.56 bits per heavy atom. The Balaban J connectivity index is 1.88. The maximum absolute atomic E-state index is 11.8. The van der Waals surface area contributed by atoms with Gasteiger partial charge in [-0.15, -0.1) is 5.10 Å². The topological polar surface area (TPSA) is 97.1 Å². The van der Waals surface area contributed by atoms with Crippen molar-refractivity contribution in [3.63, 3.8) is 0 Å². The SMILES string of the molecule is CC1(CNC(=O)c2cn(CC(=O)O)nn2)CCC1. The van der Waals surface area contributed by atoms with Gasteiger partial charge >= 0.3 is 5.97 Å². The van der Waals surface area contributed by atoms with Gasteiger partial charge in [0.15, 0.2) is 5.69 Å². The van der Waals surface area contributed by atoms with Crippen LogP contribution in [0.2, 0.25) is 0 Å². The molecule has 1 amide bonds. The highest BCUT2D eigenvalue weighted by Gasteiger charge is 2.32. The molecular weight excluding hydrogens is 236 g/mol. The average molecular weight is 252 g/mol. The Kier molecular flexibility index (Phi) is 3.31. The Bertz CT molecular complexity index is 465. The van der Waals surface area contributed by atoms with Gasteiger partial charge in [-0.05, 0) is 18.3 Å². The van der Waals surface area contributed by atoms with E-state index in [4.69, 9.17) is 5.11 Å². The summed E-state index contributed by atoms with van der Waals surface area (Å²) >= 11 is 0. The summed E-state index contributed by atoms with van der Waals surface area (Å²) in [7, 11) is 0. The molecule has 7 heteroatoms. The number of carboxylic acid groups (broad SMARTS) is 1. The average Bonchev–Trinajstić information content (AvgIpc) is 2.70. The molecule has 0 atom stereocenters. The van der Waals surface area contributed by atoms with Crippen molar-refractivity contribution >= 4 is 11.9 Å². The normalized spacial score (nSPS) is 16.9. The Morgan fingerprint density at radius 2 is 2.28 bits per heavy atom. The van der Waals surface area contributed by atoms with Crippen LogP contribution in [-0.2, 0) is 11.3 Å². The first-order valence-corrected chi connectivity index (χ1v) is 5.89. The first-order valence-electron chi connectivity index (χ1n) is 5.89. The van der Waals surface area contributed by atoms with Crippen molar-refractivity contribution in [3.8, 4) is 0 Å². The molecular formula is C11H16N4O3. The fourth-order valence-corrected chi connectivity index (χ4v) is 1.96. The summed E-state index contributed by atoms with van der Waals surface area (Å²) in [6.07, 6.45) is 4.80. The van der Waals surface area contributed by atoms with Crippen LogP contribution in [0.4, 0.5) is 0 Å². The molecule has 2 rings (SSSR count). The quantitative estimate of drug-likeness (QED) is 0.784. The minimum atomic E-state index is -1.02. The van der Waals surface area contributed by atoms with Crippen LogP contribution in [0.25, 0.3) is 0 Å². The van der Waals surface area contributed by atoms with Crippen LogP contribution in [0.15, 0.2) is 6.20 Å². The zero-order valence-electron chi connectivity index (χ0n) is 10.2. The second-order valence-electron chi connectivity index (χ2n) is 5.04. The summed E-state index contributed by atoms with van der Waals surface area (Å²) in [6.45, 7) is 2.47. The highest BCUT2D eigenvalue weighted by molar-refractivity contribution is 5.91. The highest BCUT2D eigenvalue weighted by Crippen LogP contribution is 2.39. The van der Waals surface area contributed by atoms with Gasteiger partial charge in [-0.1, -0.05) is 18.6 Å². The summed E-state index contributed by atoms with van der Waals surface area (Å²) in [5, 5.41) is 18.6. The Hall–Kier alpha value is -1.92. The summed E-state index contributed by atoms with van der Waals surface area (Å²) in [5.41, 5.74) is 0.353. The third-order valence-corrected chi connectivity index (χ3v) is 3.30. The van der Waals surface area contributed by atoms with Crippen molar-refractivity contribution in [3.05, 3.63) is 11.9 Å². The van der Waals surface area contributed by atoms with Crippen LogP contribution in [0.5, 0.6) is 0 Å². The largest absolute Gasteiger partial charge is 0.480 e. The first-order chi connectivity index (χ1) is 8.48. The lowest BCUT2D eigenvalue weighted by atomic mass is 9.70. The zero-order valence-corrected chi connectivity index (χ0v) is 10.2. The van der Waals surface area contributed by atoms with E-state index in [1.54, 1.807) is 0 Å². The van der Waals surface area contributed by atoms with E-state index in [2.05, 4.69) is 22.6 Å². The van der Waals surface area contributed by atoms with Crippen LogP contribution in [0.1, 0.15) is 36.7 Å². The van der Waals surface area contributed by atoms with E-state index in [1.807, 2.05) is 0 Å². The van der Waals surface area contributed by atoms with E-state index in [1.165, 1.54) is 12.6 Å². The number of nitrogens with zero attached hydrogens (tertiary/aromatic N) is 3. The van der Waals surface area contributed by atoms with Gasteiger partial charge in [0.25, 0.3) is 5.91 Å². The van der Waals surface area contributed by atoms with Crippen molar-refractivity contribution in [2.24, 2.45) is 5.41 Å². The maximum Gasteiger partial charge on any atom is 0.325 e. The smallest absolute Gasteiger partial charge is 0.325 e. The minimum Gasteiger partial charge on any atom is -0.480 e. The zero-order chi connectivity index (χ0) is 13.2. The number of hydrogen-bond acceptors (Lipinski definition) is 4. The fourth-order valence-electron chi connectivity index (χ4n) is 1.96. The molecule has 1 aliphatic rings. The van der Waals surface area contributed by atoms with Gasteiger partial charge in [0.2, 0.25) is 0 Å². The van der Waals surface area contributed by atoms with Crippen LogP contribution >= 0.6 is 0 Å². The van der Waals surface area contributed by atoms with Crippen molar-refractivity contribution in [2.75, 3.05) is 6.54 Å². The van der Waals surface area contributed by atoms with Crippen LogP contribution < -0.4 is 5.32 Å². The summed E-state index contributed by atoms with van der Waals surface area (Å²) < 4.78 is 1.13. The third-order valence-electron chi connectivity index (χ3n) is 3.30. The van der Waals surface area contributed by atoms with Gasteiger partial charge in [-0.2, -0.15) is 0 Å². The number of hydrogen-bond donors (Lipinski definition) is 2. The van der Waals surface area contributed by atoms with Crippen molar-refractivity contribution in [2.45, 2.75) is 32.7 Å². The molecule has 1 saturated carbocycles. The lowest BCUT2D eigenvalue weighted by Gasteiger charge is -2.38. The summed E-state index contributed by atoms with van der Waals surface area (Å²) in [4.78, 5) is 22.2. The maximum atomic E-state index is 11.8. The molecule has 0 spiro atoms. The predicted molar refractivity (Wildman–Crippen MR) is 61.9 cm³/mol. The number of amides is 1. The number of carbonyl (C=O) groups is 2. The highest BCUT2D eigenvalue weighted by atomic mass is 16.4. The standard InChI is InChI=1S/C11H16N4O3/c1-11(3-2-4-11)7-12-10(18)8-5-15(14-13-8)6-9(16)17/h5H,2-4,6-7H2,1H3,(H,12,18)(H,16,17). The number of carboxylic acids is 1. The molecule has 1 heterocycles. The summed E-state index contributed by atoms with van der Waals surface area (Å²) in [6, 6.07) is 0. The van der Waals surface area contributed by atoms with Gasteiger partial charge in [0.05, 0.1) is 6.20 Å². The number of aromatic nitrogens is 3. The molecule has 98 valence electrons. The van der Waals surface area contributed by atoms with E-state index >= 15 is 0 Å². The molecule has 0 unspecified atom stereocenters. The molecule has 1 aliphatic carbocycles. The number of aliphatic carboxylic acids is 1. The van der Waals surface area contributed by atoms with Gasteiger partial charge < -0.3 is 10.4 Å². The molecule has 1 fully saturated rings. The second-order valence-corrected chi connectivity index (χ2v) is 5.04. The molecule has 0 aliphatic heterocycles. The third kappa shape index (κ3) is 2.85. The molecule has 1 aromatic heterocycles. The number of carbonyl (C=O) groups excluding carboxylic acids is 1. The van der Waals surface area contributed by atoms with Crippen molar-refractivity contribution in [1.82, 2.24) is 20.3 Å². The monoisotopic (exact) mass is 252 g/mol. The second kappa shape index (κ2) is 4.75. The van der Waals surface area contributed by atoms with Crippen molar-refractivity contribution < 1.29 is 14.7 Å². The van der Waals surface area contributed by atoms with Gasteiger partial charge in [0, 0.05) is 6.54 Å². The summed E-state index contributed by atoms with van der Waals surface area (Å²) in [5.74, 6) is -1.33. The van der Waals surface area contributed by atoms with E-state index in [0.29, 0.717) is 6.54 Å². The lowest BCUT2D eigenvalue weighted by molar-refractivity contribution is -0.137. The fraction of sp³-hybridized carbons (Fsp3) is 0.636. The number of rotatable bonds is 5. The molecule has 0 bridgehead atoms. The number of nitrogens with one attached hydrogen (secondary N) is 1.